The maximum absolute atomic E-state index is 13.1. The van der Waals surface area contributed by atoms with Crippen molar-refractivity contribution in [1.29, 1.82) is 0 Å². The highest BCUT2D eigenvalue weighted by molar-refractivity contribution is 7.17. The van der Waals surface area contributed by atoms with Crippen LogP contribution in [-0.4, -0.2) is 29.5 Å². The average molecular weight is 378 g/mol. The number of piperidine rings is 1. The lowest BCUT2D eigenvalue weighted by molar-refractivity contribution is 0.0930. The molecule has 0 bridgehead atoms. The minimum atomic E-state index is -0.0207. The Morgan fingerprint density at radius 3 is 2.41 bits per heavy atom. The second-order valence-corrected chi connectivity index (χ2v) is 7.98. The molecular weight excluding hydrogens is 354 g/mol. The van der Waals surface area contributed by atoms with E-state index in [0.717, 1.165) is 41.2 Å². The summed E-state index contributed by atoms with van der Waals surface area (Å²) in [6.45, 7) is 3.10. The molecule has 2 aromatic carbocycles. The predicted octanol–water partition coefficient (Wildman–Crippen LogP) is 4.35. The zero-order valence-corrected chi connectivity index (χ0v) is 16.1. The fourth-order valence-electron chi connectivity index (χ4n) is 3.48. The Morgan fingerprint density at radius 1 is 1.07 bits per heavy atom. The number of nitrogens with one attached hydrogen (secondary N) is 2. The highest BCUT2D eigenvalue weighted by Crippen LogP contribution is 2.34. The highest BCUT2D eigenvalue weighted by Gasteiger charge is 2.24. The van der Waals surface area contributed by atoms with Gasteiger partial charge in [0.2, 0.25) is 0 Å². The predicted molar refractivity (Wildman–Crippen MR) is 111 cm³/mol. The van der Waals surface area contributed by atoms with Crippen molar-refractivity contribution in [1.82, 2.24) is 15.6 Å². The second kappa shape index (κ2) is 8.03. The van der Waals surface area contributed by atoms with Crippen LogP contribution in [0.4, 0.5) is 0 Å². The number of aromatic nitrogens is 1. The maximum Gasteiger partial charge on any atom is 0.263 e. The Balaban J connectivity index is 1.67. The third kappa shape index (κ3) is 4.10. The van der Waals surface area contributed by atoms with Crippen molar-refractivity contribution in [2.24, 2.45) is 0 Å². The molecule has 1 fully saturated rings. The summed E-state index contributed by atoms with van der Waals surface area (Å²) in [5, 5.41) is 7.53. The van der Waals surface area contributed by atoms with Crippen LogP contribution >= 0.6 is 11.3 Å². The molecule has 27 heavy (non-hydrogen) atoms. The van der Waals surface area contributed by atoms with E-state index in [1.54, 1.807) is 0 Å². The topological polar surface area (TPSA) is 54.0 Å². The molecule has 2 N–H and O–H groups in total. The SMILES string of the molecule is CC1CC(NC(=O)c2sc(-c3ccccc3)nc2-c2ccccc2)CCN1. The minimum Gasteiger partial charge on any atom is -0.348 e. The summed E-state index contributed by atoms with van der Waals surface area (Å²) in [5.74, 6) is -0.0207. The first kappa shape index (κ1) is 17.9. The van der Waals surface area contributed by atoms with Gasteiger partial charge in [-0.3, -0.25) is 4.79 Å². The lowest BCUT2D eigenvalue weighted by Crippen LogP contribution is -2.46. The largest absolute Gasteiger partial charge is 0.348 e. The molecule has 1 aliphatic heterocycles. The second-order valence-electron chi connectivity index (χ2n) is 6.98. The van der Waals surface area contributed by atoms with Crippen molar-refractivity contribution in [3.05, 3.63) is 65.5 Å². The van der Waals surface area contributed by atoms with Gasteiger partial charge in [-0.1, -0.05) is 60.7 Å². The Labute approximate surface area is 163 Å². The third-order valence-electron chi connectivity index (χ3n) is 4.86. The number of hydrogen-bond donors (Lipinski definition) is 2. The molecule has 2 heterocycles. The molecule has 0 spiro atoms. The van der Waals surface area contributed by atoms with Crippen molar-refractivity contribution >= 4 is 17.2 Å². The normalized spacial score (nSPS) is 19.6. The van der Waals surface area contributed by atoms with Crippen LogP contribution in [0.1, 0.15) is 29.4 Å². The third-order valence-corrected chi connectivity index (χ3v) is 5.96. The van der Waals surface area contributed by atoms with Crippen molar-refractivity contribution in [3.63, 3.8) is 0 Å². The quantitative estimate of drug-likeness (QED) is 0.711. The van der Waals surface area contributed by atoms with Gasteiger partial charge in [0.05, 0.1) is 5.69 Å². The van der Waals surface area contributed by atoms with Gasteiger partial charge in [-0.05, 0) is 26.3 Å². The van der Waals surface area contributed by atoms with Crippen molar-refractivity contribution in [2.75, 3.05) is 6.54 Å². The molecule has 1 saturated heterocycles. The summed E-state index contributed by atoms with van der Waals surface area (Å²) in [6, 6.07) is 20.6. The lowest BCUT2D eigenvalue weighted by atomic mass is 10.0. The van der Waals surface area contributed by atoms with Gasteiger partial charge in [0.1, 0.15) is 9.88 Å². The van der Waals surface area contributed by atoms with Crippen molar-refractivity contribution < 1.29 is 4.79 Å². The molecule has 1 aromatic heterocycles. The summed E-state index contributed by atoms with van der Waals surface area (Å²) < 4.78 is 0. The van der Waals surface area contributed by atoms with E-state index < -0.39 is 0 Å². The Hall–Kier alpha value is -2.50. The van der Waals surface area contributed by atoms with E-state index >= 15 is 0 Å². The van der Waals surface area contributed by atoms with Gasteiger partial charge in [-0.2, -0.15) is 0 Å². The van der Waals surface area contributed by atoms with Gasteiger partial charge in [0.15, 0.2) is 0 Å². The molecule has 4 nitrogen and oxygen atoms in total. The van der Waals surface area contributed by atoms with Crippen LogP contribution in [-0.2, 0) is 0 Å². The summed E-state index contributed by atoms with van der Waals surface area (Å²) in [6.07, 6.45) is 1.91. The number of carbonyl (C=O) groups is 1. The average Bonchev–Trinajstić information content (AvgIpc) is 3.15. The summed E-state index contributed by atoms with van der Waals surface area (Å²) in [5.41, 5.74) is 2.77. The molecule has 138 valence electrons. The standard InChI is InChI=1S/C22H23N3OS/c1-15-14-18(12-13-23-15)24-21(26)20-19(16-8-4-2-5-9-16)25-22(27-20)17-10-6-3-7-11-17/h2-11,15,18,23H,12-14H2,1H3,(H,24,26). The smallest absolute Gasteiger partial charge is 0.263 e. The number of thiazole rings is 1. The maximum atomic E-state index is 13.1. The van der Waals surface area contributed by atoms with Gasteiger partial charge in [0, 0.05) is 23.2 Å². The molecule has 5 heteroatoms. The van der Waals surface area contributed by atoms with Crippen molar-refractivity contribution in [2.45, 2.75) is 31.8 Å². The number of amides is 1. The zero-order chi connectivity index (χ0) is 18.6. The summed E-state index contributed by atoms with van der Waals surface area (Å²) in [4.78, 5) is 18.6. The van der Waals surface area contributed by atoms with Gasteiger partial charge in [-0.15, -0.1) is 11.3 Å². The van der Waals surface area contributed by atoms with Crippen LogP contribution in [0, 0.1) is 0 Å². The molecular formula is C22H23N3OS. The fourth-order valence-corrected chi connectivity index (χ4v) is 4.48. The Bertz CT molecular complexity index is 908. The first-order valence-electron chi connectivity index (χ1n) is 9.36. The lowest BCUT2D eigenvalue weighted by Gasteiger charge is -2.28. The number of nitrogens with zero attached hydrogens (tertiary/aromatic N) is 1. The van der Waals surface area contributed by atoms with E-state index in [2.05, 4.69) is 17.6 Å². The molecule has 0 radical (unpaired) electrons. The number of benzene rings is 2. The molecule has 0 aliphatic carbocycles. The molecule has 0 saturated carbocycles. The van der Waals surface area contributed by atoms with Crippen molar-refractivity contribution in [3.8, 4) is 21.8 Å². The Morgan fingerprint density at radius 2 is 1.74 bits per heavy atom. The Kier molecular flexibility index (Phi) is 5.32. The molecule has 4 rings (SSSR count). The molecule has 1 aliphatic rings. The fraction of sp³-hybridized carbons (Fsp3) is 0.273. The van der Waals surface area contributed by atoms with Crippen LogP contribution in [0.5, 0.6) is 0 Å². The summed E-state index contributed by atoms with van der Waals surface area (Å²) in [7, 11) is 0. The van der Waals surface area contributed by atoms with Crippen LogP contribution < -0.4 is 10.6 Å². The van der Waals surface area contributed by atoms with E-state index in [1.807, 2.05) is 60.7 Å². The molecule has 2 unspecified atom stereocenters. The van der Waals surface area contributed by atoms with E-state index in [4.69, 9.17) is 4.98 Å². The molecule has 2 atom stereocenters. The molecule has 3 aromatic rings. The summed E-state index contributed by atoms with van der Waals surface area (Å²) >= 11 is 1.47. The van der Waals surface area contributed by atoms with Crippen LogP contribution in [0.15, 0.2) is 60.7 Å². The molecule has 1 amide bonds. The zero-order valence-electron chi connectivity index (χ0n) is 15.3. The van der Waals surface area contributed by atoms with E-state index in [-0.39, 0.29) is 11.9 Å². The van der Waals surface area contributed by atoms with Crippen LogP contribution in [0.2, 0.25) is 0 Å². The van der Waals surface area contributed by atoms with E-state index in [9.17, 15) is 4.79 Å². The van der Waals surface area contributed by atoms with Gasteiger partial charge < -0.3 is 10.6 Å². The van der Waals surface area contributed by atoms with Gasteiger partial charge in [0.25, 0.3) is 5.91 Å². The number of carbonyl (C=O) groups excluding carboxylic acids is 1. The number of hydrogen-bond acceptors (Lipinski definition) is 4. The first-order valence-corrected chi connectivity index (χ1v) is 10.2. The van der Waals surface area contributed by atoms with Crippen LogP contribution in [0.3, 0.4) is 0 Å². The number of rotatable bonds is 4. The highest BCUT2D eigenvalue weighted by atomic mass is 32.1. The first-order chi connectivity index (χ1) is 13.2. The van der Waals surface area contributed by atoms with Crippen LogP contribution in [0.25, 0.3) is 21.8 Å². The van der Waals surface area contributed by atoms with E-state index in [0.29, 0.717) is 10.9 Å². The monoisotopic (exact) mass is 377 g/mol. The van der Waals surface area contributed by atoms with Gasteiger partial charge in [-0.25, -0.2) is 4.98 Å². The van der Waals surface area contributed by atoms with E-state index in [1.165, 1.54) is 11.3 Å². The van der Waals surface area contributed by atoms with Gasteiger partial charge >= 0.3 is 0 Å². The minimum absolute atomic E-state index is 0.0207.